The Morgan fingerprint density at radius 1 is 1.21 bits per heavy atom. The van der Waals surface area contributed by atoms with Gasteiger partial charge in [-0.25, -0.2) is 4.39 Å². The van der Waals surface area contributed by atoms with Crippen LogP contribution >= 0.6 is 0 Å². The second-order valence-corrected chi connectivity index (χ2v) is 8.54. The molecule has 2 atom stereocenters. The summed E-state index contributed by atoms with van der Waals surface area (Å²) in [6, 6.07) is 12.1. The van der Waals surface area contributed by atoms with E-state index in [1.807, 2.05) is 24.3 Å². The Bertz CT molecular complexity index is 1120. The van der Waals surface area contributed by atoms with E-state index < -0.39 is 18.2 Å². The molecule has 1 N–H and O–H groups in total. The molecule has 2 aromatic carbocycles. The van der Waals surface area contributed by atoms with Gasteiger partial charge in [0.15, 0.2) is 0 Å². The van der Waals surface area contributed by atoms with Crippen molar-refractivity contribution >= 4 is 12.0 Å². The van der Waals surface area contributed by atoms with Crippen LogP contribution in [0.1, 0.15) is 49.3 Å². The van der Waals surface area contributed by atoms with E-state index in [4.69, 9.17) is 13.9 Å². The van der Waals surface area contributed by atoms with E-state index in [1.54, 1.807) is 30.7 Å². The van der Waals surface area contributed by atoms with Crippen molar-refractivity contribution < 1.29 is 28.2 Å². The quantitative estimate of drug-likeness (QED) is 0.456. The molecule has 4 rings (SSSR count). The highest BCUT2D eigenvalue weighted by Gasteiger charge is 2.25. The maximum Gasteiger partial charge on any atom is 0.309 e. The Kier molecular flexibility index (Phi) is 6.94. The molecule has 0 radical (unpaired) electrons. The van der Waals surface area contributed by atoms with Gasteiger partial charge in [0.1, 0.15) is 24.3 Å². The number of hydrogen-bond acceptors (Lipinski definition) is 5. The van der Waals surface area contributed by atoms with Gasteiger partial charge in [0.25, 0.3) is 0 Å². The number of halogens is 1. The van der Waals surface area contributed by atoms with E-state index in [1.165, 1.54) is 12.1 Å². The lowest BCUT2D eigenvalue weighted by Crippen LogP contribution is -2.31. The normalized spacial score (nSPS) is 18.6. The standard InChI is InChI=1S/C27H27FO5/c1-17(2)25-13-23(32-16-18-9-10-31-15-18)14-26(19-3-5-20(28)6-4-19)24(25)8-7-22-11-21(29)12-27(30)33-22/h3-10,13-15,17,21-22,29H,11-12,16H2,1-2H3/t21-,22-/m1/s1. The molecule has 6 heteroatoms. The van der Waals surface area contributed by atoms with Crippen LogP contribution in [0.3, 0.4) is 0 Å². The lowest BCUT2D eigenvalue weighted by molar-refractivity contribution is -0.156. The number of esters is 1. The predicted molar refractivity (Wildman–Crippen MR) is 123 cm³/mol. The molecule has 2 heterocycles. The highest BCUT2D eigenvalue weighted by molar-refractivity contribution is 5.79. The third-order valence-electron chi connectivity index (χ3n) is 5.62. The molecular weight excluding hydrogens is 423 g/mol. The van der Waals surface area contributed by atoms with Gasteiger partial charge >= 0.3 is 5.97 Å². The highest BCUT2D eigenvalue weighted by Crippen LogP contribution is 2.36. The SMILES string of the molecule is CC(C)c1cc(OCc2ccoc2)cc(-c2ccc(F)cc2)c1C=C[C@@H]1C[C@@H](O)CC(=O)O1. The van der Waals surface area contributed by atoms with E-state index in [0.717, 1.165) is 27.8 Å². The average Bonchev–Trinajstić information content (AvgIpc) is 3.29. The molecule has 1 aliphatic rings. The molecule has 33 heavy (non-hydrogen) atoms. The second kappa shape index (κ2) is 10.0. The van der Waals surface area contributed by atoms with E-state index in [0.29, 0.717) is 18.8 Å². The van der Waals surface area contributed by atoms with E-state index in [9.17, 15) is 14.3 Å². The minimum atomic E-state index is -0.708. The van der Waals surface area contributed by atoms with Crippen molar-refractivity contribution in [2.75, 3.05) is 0 Å². The fraction of sp³-hybridized carbons (Fsp3) is 0.296. The number of benzene rings is 2. The third kappa shape index (κ3) is 5.71. The molecule has 0 aliphatic carbocycles. The summed E-state index contributed by atoms with van der Waals surface area (Å²) in [4.78, 5) is 11.7. The van der Waals surface area contributed by atoms with Crippen molar-refractivity contribution in [1.29, 1.82) is 0 Å². The summed E-state index contributed by atoms with van der Waals surface area (Å²) < 4.78 is 30.1. The number of ether oxygens (including phenoxy) is 2. The fourth-order valence-electron chi connectivity index (χ4n) is 3.94. The number of aliphatic hydroxyl groups is 1. The molecule has 5 nitrogen and oxygen atoms in total. The number of hydrogen-bond donors (Lipinski definition) is 1. The molecule has 3 aromatic rings. The van der Waals surface area contributed by atoms with Gasteiger partial charge < -0.3 is 19.0 Å². The molecule has 0 spiro atoms. The van der Waals surface area contributed by atoms with Crippen molar-refractivity contribution in [1.82, 2.24) is 0 Å². The van der Waals surface area contributed by atoms with Crippen LogP contribution in [0.5, 0.6) is 5.75 Å². The van der Waals surface area contributed by atoms with Crippen LogP contribution < -0.4 is 4.74 Å². The van der Waals surface area contributed by atoms with Crippen molar-refractivity contribution in [2.24, 2.45) is 0 Å². The predicted octanol–water partition coefficient (Wildman–Crippen LogP) is 5.87. The van der Waals surface area contributed by atoms with Crippen LogP contribution in [0.15, 0.2) is 65.5 Å². The van der Waals surface area contributed by atoms with Crippen LogP contribution in [0, 0.1) is 5.82 Å². The molecule has 1 aliphatic heterocycles. The summed E-state index contributed by atoms with van der Waals surface area (Å²) in [5.41, 5.74) is 4.61. The first-order chi connectivity index (χ1) is 15.9. The first-order valence-corrected chi connectivity index (χ1v) is 11.0. The monoisotopic (exact) mass is 450 g/mol. The Morgan fingerprint density at radius 2 is 2.00 bits per heavy atom. The number of cyclic esters (lactones) is 1. The van der Waals surface area contributed by atoms with Crippen LogP contribution in [0.4, 0.5) is 4.39 Å². The number of carbonyl (C=O) groups is 1. The van der Waals surface area contributed by atoms with Crippen LogP contribution in [0.25, 0.3) is 17.2 Å². The topological polar surface area (TPSA) is 68.9 Å². The van der Waals surface area contributed by atoms with Crippen molar-refractivity contribution in [3.63, 3.8) is 0 Å². The molecule has 1 aromatic heterocycles. The van der Waals surface area contributed by atoms with Gasteiger partial charge in [0.05, 0.1) is 25.1 Å². The minimum absolute atomic E-state index is 0.0190. The minimum Gasteiger partial charge on any atom is -0.489 e. The lowest BCUT2D eigenvalue weighted by atomic mass is 9.89. The average molecular weight is 451 g/mol. The summed E-state index contributed by atoms with van der Waals surface area (Å²) in [5.74, 6) is 0.140. The molecular formula is C27H27FO5. The molecule has 0 amide bonds. The van der Waals surface area contributed by atoms with Crippen molar-refractivity contribution in [3.8, 4) is 16.9 Å². The zero-order chi connectivity index (χ0) is 23.4. The lowest BCUT2D eigenvalue weighted by Gasteiger charge is -2.24. The molecule has 0 saturated carbocycles. The van der Waals surface area contributed by atoms with Crippen molar-refractivity contribution in [3.05, 3.63) is 83.6 Å². The van der Waals surface area contributed by atoms with E-state index >= 15 is 0 Å². The number of carbonyl (C=O) groups excluding carboxylic acids is 1. The largest absolute Gasteiger partial charge is 0.489 e. The van der Waals surface area contributed by atoms with Gasteiger partial charge in [-0.2, -0.15) is 0 Å². The van der Waals surface area contributed by atoms with Gasteiger partial charge in [-0.1, -0.05) is 32.1 Å². The Morgan fingerprint density at radius 3 is 2.67 bits per heavy atom. The summed E-state index contributed by atoms with van der Waals surface area (Å²) >= 11 is 0. The molecule has 1 fully saturated rings. The summed E-state index contributed by atoms with van der Waals surface area (Å²) in [7, 11) is 0. The fourth-order valence-corrected chi connectivity index (χ4v) is 3.94. The Balaban J connectivity index is 1.74. The molecule has 1 saturated heterocycles. The van der Waals surface area contributed by atoms with Gasteiger partial charge in [-0.15, -0.1) is 0 Å². The first-order valence-electron chi connectivity index (χ1n) is 11.0. The molecule has 172 valence electrons. The van der Waals surface area contributed by atoms with Crippen molar-refractivity contribution in [2.45, 2.75) is 51.4 Å². The maximum absolute atomic E-state index is 13.6. The van der Waals surface area contributed by atoms with Gasteiger partial charge in [0, 0.05) is 12.0 Å². The highest BCUT2D eigenvalue weighted by atomic mass is 19.1. The number of aliphatic hydroxyl groups excluding tert-OH is 1. The maximum atomic E-state index is 13.6. The zero-order valence-corrected chi connectivity index (χ0v) is 18.7. The molecule has 0 unspecified atom stereocenters. The number of furan rings is 1. The van der Waals surface area contributed by atoms with E-state index in [-0.39, 0.29) is 18.2 Å². The van der Waals surface area contributed by atoms with Crippen LogP contribution in [-0.4, -0.2) is 23.3 Å². The second-order valence-electron chi connectivity index (χ2n) is 8.54. The molecule has 0 bridgehead atoms. The van der Waals surface area contributed by atoms with Gasteiger partial charge in [-0.05, 0) is 64.6 Å². The smallest absolute Gasteiger partial charge is 0.309 e. The van der Waals surface area contributed by atoms with Gasteiger partial charge in [-0.3, -0.25) is 4.79 Å². The summed E-state index contributed by atoms with van der Waals surface area (Å²) in [5, 5.41) is 9.93. The zero-order valence-electron chi connectivity index (χ0n) is 18.7. The number of rotatable bonds is 7. The summed E-state index contributed by atoms with van der Waals surface area (Å²) in [6.07, 6.45) is 6.14. The Labute approximate surface area is 192 Å². The van der Waals surface area contributed by atoms with E-state index in [2.05, 4.69) is 13.8 Å². The summed E-state index contributed by atoms with van der Waals surface area (Å²) in [6.45, 7) is 4.54. The van der Waals surface area contributed by atoms with Crippen LogP contribution in [0.2, 0.25) is 0 Å². The third-order valence-corrected chi connectivity index (χ3v) is 5.62. The first kappa shape index (κ1) is 22.8. The van der Waals surface area contributed by atoms with Gasteiger partial charge in [0.2, 0.25) is 0 Å². The van der Waals surface area contributed by atoms with Crippen LogP contribution in [-0.2, 0) is 16.1 Å². The Hall–Kier alpha value is -3.38.